The van der Waals surface area contributed by atoms with Crippen LogP contribution < -0.4 is 14.4 Å². The Kier molecular flexibility index (Phi) is 5.18. The zero-order valence-corrected chi connectivity index (χ0v) is 15.7. The number of nitrogens with zero attached hydrogens (tertiary/aromatic N) is 1. The summed E-state index contributed by atoms with van der Waals surface area (Å²) in [7, 11) is -3.63. The number of para-hydroxylation sites is 1. The highest BCUT2D eigenvalue weighted by Crippen LogP contribution is 2.33. The van der Waals surface area contributed by atoms with Gasteiger partial charge in [0.1, 0.15) is 5.75 Å². The molecule has 1 aliphatic heterocycles. The molecule has 0 radical (unpaired) electrons. The Morgan fingerprint density at radius 3 is 2.73 bits per heavy atom. The van der Waals surface area contributed by atoms with Gasteiger partial charge in [0.2, 0.25) is 0 Å². The predicted octanol–water partition coefficient (Wildman–Crippen LogP) is 2.26. The number of fused-ring (bicyclic) bond motifs is 1. The first-order chi connectivity index (χ1) is 12.4. The van der Waals surface area contributed by atoms with E-state index in [0.29, 0.717) is 30.8 Å². The molecule has 6 nitrogen and oxygen atoms in total. The summed E-state index contributed by atoms with van der Waals surface area (Å²) in [6.07, 6.45) is 0.710. The molecule has 2 aromatic rings. The second-order valence-corrected chi connectivity index (χ2v) is 7.99. The van der Waals surface area contributed by atoms with E-state index in [1.165, 1.54) is 10.4 Å². The summed E-state index contributed by atoms with van der Waals surface area (Å²) in [5.74, 6) is 0.286. The minimum Gasteiger partial charge on any atom is -0.484 e. The summed E-state index contributed by atoms with van der Waals surface area (Å²) < 4.78 is 33.0. The topological polar surface area (TPSA) is 75.7 Å². The minimum absolute atomic E-state index is 0.0969. The lowest BCUT2D eigenvalue weighted by Gasteiger charge is -2.20. The molecule has 0 unspecified atom stereocenters. The second-order valence-electron chi connectivity index (χ2n) is 6.13. The van der Waals surface area contributed by atoms with Crippen molar-refractivity contribution in [1.82, 2.24) is 5.32 Å². The van der Waals surface area contributed by atoms with Crippen LogP contribution in [0.2, 0.25) is 0 Å². The smallest absolute Gasteiger partial charge is 0.264 e. The Labute approximate surface area is 153 Å². The molecule has 0 spiro atoms. The number of carbonyl (C=O) groups is 1. The fraction of sp³-hybridized carbons (Fsp3) is 0.316. The third-order valence-corrected chi connectivity index (χ3v) is 6.12. The molecule has 0 saturated heterocycles. The summed E-state index contributed by atoms with van der Waals surface area (Å²) in [6, 6.07) is 12.3. The first-order valence-electron chi connectivity index (χ1n) is 8.54. The highest BCUT2D eigenvalue weighted by atomic mass is 32.2. The van der Waals surface area contributed by atoms with Crippen molar-refractivity contribution >= 4 is 21.6 Å². The van der Waals surface area contributed by atoms with Gasteiger partial charge in [0.05, 0.1) is 10.6 Å². The number of sulfonamides is 1. The monoisotopic (exact) mass is 374 g/mol. The highest BCUT2D eigenvalue weighted by molar-refractivity contribution is 7.92. The largest absolute Gasteiger partial charge is 0.484 e. The summed E-state index contributed by atoms with van der Waals surface area (Å²) >= 11 is 0. The number of amides is 1. The summed E-state index contributed by atoms with van der Waals surface area (Å²) in [5, 5.41) is 2.65. The van der Waals surface area contributed by atoms with Gasteiger partial charge >= 0.3 is 0 Å². The van der Waals surface area contributed by atoms with Crippen molar-refractivity contribution in [1.29, 1.82) is 0 Å². The van der Waals surface area contributed by atoms with E-state index in [0.717, 1.165) is 11.3 Å². The Morgan fingerprint density at radius 2 is 2.00 bits per heavy atom. The number of anilines is 1. The molecule has 1 aliphatic rings. The molecule has 26 heavy (non-hydrogen) atoms. The van der Waals surface area contributed by atoms with Crippen molar-refractivity contribution < 1.29 is 17.9 Å². The van der Waals surface area contributed by atoms with Crippen LogP contribution in [0.25, 0.3) is 0 Å². The van der Waals surface area contributed by atoms with E-state index in [2.05, 4.69) is 5.32 Å². The zero-order valence-electron chi connectivity index (χ0n) is 14.9. The summed E-state index contributed by atoms with van der Waals surface area (Å²) in [5.41, 5.74) is 2.44. The van der Waals surface area contributed by atoms with Crippen LogP contribution in [-0.4, -0.2) is 34.0 Å². The van der Waals surface area contributed by atoms with Gasteiger partial charge in [0.15, 0.2) is 6.61 Å². The van der Waals surface area contributed by atoms with E-state index in [-0.39, 0.29) is 17.4 Å². The third-order valence-electron chi connectivity index (χ3n) is 4.31. The maximum atomic E-state index is 13.0. The maximum absolute atomic E-state index is 13.0. The van der Waals surface area contributed by atoms with Crippen LogP contribution >= 0.6 is 0 Å². The Bertz CT molecular complexity index is 925. The second kappa shape index (κ2) is 7.37. The van der Waals surface area contributed by atoms with Crippen molar-refractivity contribution in [2.45, 2.75) is 25.2 Å². The lowest BCUT2D eigenvalue weighted by atomic mass is 10.2. The van der Waals surface area contributed by atoms with Gasteiger partial charge in [0, 0.05) is 13.1 Å². The first kappa shape index (κ1) is 18.3. The molecular weight excluding hydrogens is 352 g/mol. The van der Waals surface area contributed by atoms with E-state index < -0.39 is 10.0 Å². The molecule has 0 aromatic heterocycles. The minimum atomic E-state index is -3.63. The van der Waals surface area contributed by atoms with Crippen LogP contribution in [0.5, 0.6) is 5.75 Å². The standard InChI is InChI=1S/C19H22N2O4S/c1-3-20-19(22)13-25-18-9-8-16(12-14(18)2)26(23,24)21-11-10-15-6-4-5-7-17(15)21/h4-9,12H,3,10-11,13H2,1-2H3,(H,20,22). The van der Waals surface area contributed by atoms with Gasteiger partial charge < -0.3 is 10.1 Å². The first-order valence-corrected chi connectivity index (χ1v) is 9.98. The highest BCUT2D eigenvalue weighted by Gasteiger charge is 2.30. The van der Waals surface area contributed by atoms with Crippen LogP contribution in [0.15, 0.2) is 47.4 Å². The molecule has 1 amide bonds. The molecule has 1 N–H and O–H groups in total. The zero-order chi connectivity index (χ0) is 18.7. The number of ether oxygens (including phenoxy) is 1. The fourth-order valence-corrected chi connectivity index (χ4v) is 4.61. The fourth-order valence-electron chi connectivity index (χ4n) is 3.02. The summed E-state index contributed by atoms with van der Waals surface area (Å²) in [6.45, 7) is 4.48. The molecule has 0 fully saturated rings. The molecule has 0 aliphatic carbocycles. The number of aryl methyl sites for hydroxylation is 1. The van der Waals surface area contributed by atoms with Crippen molar-refractivity contribution in [2.75, 3.05) is 24.0 Å². The van der Waals surface area contributed by atoms with Gasteiger partial charge in [-0.05, 0) is 55.7 Å². The quantitative estimate of drug-likeness (QED) is 0.842. The van der Waals surface area contributed by atoms with E-state index in [1.807, 2.05) is 31.2 Å². The van der Waals surface area contributed by atoms with Crippen LogP contribution in [-0.2, 0) is 21.2 Å². The number of likely N-dealkylation sites (N-methyl/N-ethyl adjacent to an activating group) is 1. The Morgan fingerprint density at radius 1 is 1.23 bits per heavy atom. The molecule has 3 rings (SSSR count). The maximum Gasteiger partial charge on any atom is 0.264 e. The molecule has 2 aromatic carbocycles. The predicted molar refractivity (Wildman–Crippen MR) is 100 cm³/mol. The van der Waals surface area contributed by atoms with E-state index >= 15 is 0 Å². The normalized spacial score (nSPS) is 13.4. The molecule has 0 atom stereocenters. The number of benzene rings is 2. The lowest BCUT2D eigenvalue weighted by molar-refractivity contribution is -0.122. The number of rotatable bonds is 6. The average molecular weight is 374 g/mol. The lowest BCUT2D eigenvalue weighted by Crippen LogP contribution is -2.29. The average Bonchev–Trinajstić information content (AvgIpc) is 3.05. The van der Waals surface area contributed by atoms with Gasteiger partial charge in [-0.15, -0.1) is 0 Å². The molecular formula is C19H22N2O4S. The van der Waals surface area contributed by atoms with E-state index in [1.54, 1.807) is 19.1 Å². The van der Waals surface area contributed by atoms with Crippen LogP contribution in [0.4, 0.5) is 5.69 Å². The van der Waals surface area contributed by atoms with E-state index in [4.69, 9.17) is 4.74 Å². The molecule has 138 valence electrons. The van der Waals surface area contributed by atoms with Gasteiger partial charge in [0.25, 0.3) is 15.9 Å². The number of hydrogen-bond acceptors (Lipinski definition) is 4. The Balaban J connectivity index is 1.81. The van der Waals surface area contributed by atoms with Crippen LogP contribution in [0.1, 0.15) is 18.1 Å². The van der Waals surface area contributed by atoms with Gasteiger partial charge in [-0.1, -0.05) is 18.2 Å². The molecule has 1 heterocycles. The van der Waals surface area contributed by atoms with Gasteiger partial charge in [-0.2, -0.15) is 0 Å². The van der Waals surface area contributed by atoms with Crippen molar-refractivity contribution in [3.05, 3.63) is 53.6 Å². The van der Waals surface area contributed by atoms with Crippen molar-refractivity contribution in [3.63, 3.8) is 0 Å². The van der Waals surface area contributed by atoms with Gasteiger partial charge in [-0.25, -0.2) is 8.42 Å². The molecule has 0 saturated carbocycles. The van der Waals surface area contributed by atoms with Crippen LogP contribution in [0.3, 0.4) is 0 Å². The van der Waals surface area contributed by atoms with Crippen molar-refractivity contribution in [3.8, 4) is 5.75 Å². The van der Waals surface area contributed by atoms with Crippen LogP contribution in [0, 0.1) is 6.92 Å². The van der Waals surface area contributed by atoms with E-state index in [9.17, 15) is 13.2 Å². The number of carbonyl (C=O) groups excluding carboxylic acids is 1. The number of hydrogen-bond donors (Lipinski definition) is 1. The van der Waals surface area contributed by atoms with Gasteiger partial charge in [-0.3, -0.25) is 9.10 Å². The molecule has 0 bridgehead atoms. The number of nitrogens with one attached hydrogen (secondary N) is 1. The Hall–Kier alpha value is -2.54. The van der Waals surface area contributed by atoms with Crippen molar-refractivity contribution in [2.24, 2.45) is 0 Å². The third kappa shape index (κ3) is 3.53. The summed E-state index contributed by atoms with van der Waals surface area (Å²) in [4.78, 5) is 11.7. The SMILES string of the molecule is CCNC(=O)COc1ccc(S(=O)(=O)N2CCc3ccccc32)cc1C. The molecule has 7 heteroatoms.